The minimum absolute atomic E-state index is 0.435. The van der Waals surface area contributed by atoms with Gasteiger partial charge in [0.05, 0.1) is 0 Å². The van der Waals surface area contributed by atoms with Gasteiger partial charge in [-0.2, -0.15) is 0 Å². The van der Waals surface area contributed by atoms with E-state index >= 15 is 0 Å². The molecule has 1 saturated carbocycles. The smallest absolute Gasteiger partial charge is 0.105 e. The zero-order valence-corrected chi connectivity index (χ0v) is 8.55. The summed E-state index contributed by atoms with van der Waals surface area (Å²) >= 11 is 0. The van der Waals surface area contributed by atoms with E-state index in [1.54, 1.807) is 0 Å². The molecular weight excluding hydrogens is 162 g/mol. The molecule has 13 heavy (non-hydrogen) atoms. The van der Waals surface area contributed by atoms with Gasteiger partial charge in [0.15, 0.2) is 0 Å². The van der Waals surface area contributed by atoms with Crippen LogP contribution in [0.25, 0.3) is 0 Å². The molecule has 0 spiro atoms. The summed E-state index contributed by atoms with van der Waals surface area (Å²) in [7, 11) is 0. The Morgan fingerprint density at radius 3 is 2.62 bits per heavy atom. The van der Waals surface area contributed by atoms with Crippen LogP contribution in [-0.2, 0) is 0 Å². The van der Waals surface area contributed by atoms with E-state index < -0.39 is 0 Å². The number of aryl methyl sites for hydroxylation is 2. The van der Waals surface area contributed by atoms with Crippen molar-refractivity contribution >= 4 is 0 Å². The molecule has 0 amide bonds. The van der Waals surface area contributed by atoms with Crippen LogP contribution in [0.4, 0.5) is 0 Å². The maximum absolute atomic E-state index is 5.50. The van der Waals surface area contributed by atoms with Gasteiger partial charge in [0.1, 0.15) is 11.5 Å². The van der Waals surface area contributed by atoms with E-state index in [2.05, 4.69) is 18.3 Å². The van der Waals surface area contributed by atoms with Crippen LogP contribution in [0.15, 0.2) is 10.5 Å². The molecule has 1 aliphatic rings. The standard InChI is InChI=1S/C11H17NO/c1-7-6-11(9(3)13-7)8(2)12-10-4-5-10/h6,8,10,12H,4-5H2,1-3H3/t8-/m1/s1. The molecule has 2 heteroatoms. The molecule has 2 nitrogen and oxygen atoms in total. The highest BCUT2D eigenvalue weighted by molar-refractivity contribution is 5.23. The van der Waals surface area contributed by atoms with Gasteiger partial charge in [-0.15, -0.1) is 0 Å². The van der Waals surface area contributed by atoms with Crippen molar-refractivity contribution < 1.29 is 4.42 Å². The number of hydrogen-bond acceptors (Lipinski definition) is 2. The van der Waals surface area contributed by atoms with Crippen LogP contribution in [0.1, 0.15) is 42.9 Å². The molecule has 1 aliphatic carbocycles. The molecule has 2 rings (SSSR count). The van der Waals surface area contributed by atoms with Crippen LogP contribution < -0.4 is 5.32 Å². The minimum atomic E-state index is 0.435. The van der Waals surface area contributed by atoms with Crippen LogP contribution in [-0.4, -0.2) is 6.04 Å². The first-order chi connectivity index (χ1) is 6.16. The molecule has 1 N–H and O–H groups in total. The van der Waals surface area contributed by atoms with E-state index in [9.17, 15) is 0 Å². The number of hydrogen-bond donors (Lipinski definition) is 1. The lowest BCUT2D eigenvalue weighted by Gasteiger charge is -2.11. The molecule has 0 bridgehead atoms. The summed E-state index contributed by atoms with van der Waals surface area (Å²) in [6.45, 7) is 6.24. The van der Waals surface area contributed by atoms with E-state index in [4.69, 9.17) is 4.42 Å². The van der Waals surface area contributed by atoms with Crippen LogP contribution in [0.2, 0.25) is 0 Å². The lowest BCUT2D eigenvalue weighted by molar-refractivity contribution is 0.489. The lowest BCUT2D eigenvalue weighted by Crippen LogP contribution is -2.20. The Bertz CT molecular complexity index is 299. The van der Waals surface area contributed by atoms with Crippen molar-refractivity contribution in [3.63, 3.8) is 0 Å². The van der Waals surface area contributed by atoms with Crippen LogP contribution >= 0.6 is 0 Å². The molecule has 1 aromatic rings. The molecule has 1 fully saturated rings. The quantitative estimate of drug-likeness (QED) is 0.771. The summed E-state index contributed by atoms with van der Waals surface area (Å²) in [5, 5.41) is 3.56. The van der Waals surface area contributed by atoms with Crippen molar-refractivity contribution in [3.8, 4) is 0 Å². The number of furan rings is 1. The third-order valence-electron chi connectivity index (χ3n) is 2.61. The third kappa shape index (κ3) is 1.94. The van der Waals surface area contributed by atoms with Gasteiger partial charge in [0.2, 0.25) is 0 Å². The van der Waals surface area contributed by atoms with Gasteiger partial charge in [-0.25, -0.2) is 0 Å². The van der Waals surface area contributed by atoms with E-state index in [-0.39, 0.29) is 0 Å². The van der Waals surface area contributed by atoms with E-state index in [1.165, 1.54) is 18.4 Å². The van der Waals surface area contributed by atoms with Crippen LogP contribution in [0.3, 0.4) is 0 Å². The Hall–Kier alpha value is -0.760. The third-order valence-corrected chi connectivity index (χ3v) is 2.61. The fourth-order valence-corrected chi connectivity index (χ4v) is 1.77. The van der Waals surface area contributed by atoms with E-state index in [1.807, 2.05) is 13.8 Å². The highest BCUT2D eigenvalue weighted by atomic mass is 16.3. The zero-order chi connectivity index (χ0) is 9.42. The molecule has 1 atom stereocenters. The normalized spacial score (nSPS) is 19.0. The number of nitrogens with one attached hydrogen (secondary N) is 1. The monoisotopic (exact) mass is 179 g/mol. The fourth-order valence-electron chi connectivity index (χ4n) is 1.77. The highest BCUT2D eigenvalue weighted by Crippen LogP contribution is 2.26. The van der Waals surface area contributed by atoms with E-state index in [0.717, 1.165) is 17.6 Å². The Kier molecular flexibility index (Phi) is 2.16. The summed E-state index contributed by atoms with van der Waals surface area (Å²) in [6, 6.07) is 3.32. The summed E-state index contributed by atoms with van der Waals surface area (Å²) < 4.78 is 5.50. The fraction of sp³-hybridized carbons (Fsp3) is 0.636. The summed E-state index contributed by atoms with van der Waals surface area (Å²) in [6.07, 6.45) is 2.67. The first-order valence-corrected chi connectivity index (χ1v) is 5.00. The zero-order valence-electron chi connectivity index (χ0n) is 8.55. The van der Waals surface area contributed by atoms with Gasteiger partial charge < -0.3 is 9.73 Å². The SMILES string of the molecule is Cc1cc([C@@H](C)NC2CC2)c(C)o1. The van der Waals surface area contributed by atoms with E-state index in [0.29, 0.717) is 6.04 Å². The molecule has 0 aromatic carbocycles. The van der Waals surface area contributed by atoms with Gasteiger partial charge >= 0.3 is 0 Å². The van der Waals surface area contributed by atoms with Crippen LogP contribution in [0.5, 0.6) is 0 Å². The second kappa shape index (κ2) is 3.18. The van der Waals surface area contributed by atoms with Gasteiger partial charge in [0, 0.05) is 17.6 Å². The first-order valence-electron chi connectivity index (χ1n) is 5.00. The summed E-state index contributed by atoms with van der Waals surface area (Å²) in [5.41, 5.74) is 1.31. The molecule has 0 saturated heterocycles. The van der Waals surface area contributed by atoms with Crippen molar-refractivity contribution in [1.82, 2.24) is 5.32 Å². The van der Waals surface area contributed by atoms with Crippen LogP contribution in [0, 0.1) is 13.8 Å². The van der Waals surface area contributed by atoms with Crippen molar-refractivity contribution in [1.29, 1.82) is 0 Å². The average molecular weight is 179 g/mol. The van der Waals surface area contributed by atoms with Crippen molar-refractivity contribution in [2.24, 2.45) is 0 Å². The number of rotatable bonds is 3. The van der Waals surface area contributed by atoms with Gasteiger partial charge in [-0.05, 0) is 39.7 Å². The molecular formula is C11H17NO. The Morgan fingerprint density at radius 1 is 1.46 bits per heavy atom. The molecule has 1 aromatic heterocycles. The highest BCUT2D eigenvalue weighted by Gasteiger charge is 2.24. The molecule has 72 valence electrons. The van der Waals surface area contributed by atoms with Gasteiger partial charge in [-0.1, -0.05) is 0 Å². The Labute approximate surface area is 79.3 Å². The molecule has 0 unspecified atom stereocenters. The topological polar surface area (TPSA) is 25.2 Å². The second-order valence-corrected chi connectivity index (χ2v) is 4.03. The van der Waals surface area contributed by atoms with Gasteiger partial charge in [0.25, 0.3) is 0 Å². The second-order valence-electron chi connectivity index (χ2n) is 4.03. The summed E-state index contributed by atoms with van der Waals surface area (Å²) in [4.78, 5) is 0. The predicted molar refractivity (Wildman–Crippen MR) is 52.8 cm³/mol. The van der Waals surface area contributed by atoms with Gasteiger partial charge in [-0.3, -0.25) is 0 Å². The molecule has 1 heterocycles. The largest absolute Gasteiger partial charge is 0.466 e. The molecule has 0 aliphatic heterocycles. The maximum Gasteiger partial charge on any atom is 0.105 e. The Balaban J connectivity index is 2.08. The van der Waals surface area contributed by atoms with Crippen molar-refractivity contribution in [2.45, 2.75) is 45.7 Å². The summed E-state index contributed by atoms with van der Waals surface area (Å²) in [5.74, 6) is 2.06. The minimum Gasteiger partial charge on any atom is -0.466 e. The van der Waals surface area contributed by atoms with Crippen molar-refractivity contribution in [3.05, 3.63) is 23.2 Å². The lowest BCUT2D eigenvalue weighted by atomic mass is 10.1. The predicted octanol–water partition coefficient (Wildman–Crippen LogP) is 2.71. The Morgan fingerprint density at radius 2 is 2.15 bits per heavy atom. The first kappa shape index (κ1) is 8.82. The van der Waals surface area contributed by atoms with Crippen molar-refractivity contribution in [2.75, 3.05) is 0 Å². The average Bonchev–Trinajstić information content (AvgIpc) is 2.77. The maximum atomic E-state index is 5.50. The molecule has 0 radical (unpaired) electrons.